The minimum atomic E-state index is -0.105. The standard InChI is InChI=1S/C23H25N3O2/c1-14-10-15(2)22-16(3)26(9-7-18(22)11-14)21(27)13-25-19-4-5-20-17(12-19)6-8-24-23(20)28/h4-6,8,10-12,16,25H,7,9,13H2,1-3H3,(H,24,28). The number of nitrogens with one attached hydrogen (secondary N) is 2. The summed E-state index contributed by atoms with van der Waals surface area (Å²) in [6.45, 7) is 7.34. The SMILES string of the molecule is Cc1cc(C)c2c(c1)CCN(C(=O)CNc1ccc3c(=O)[nH]ccc3c1)C2C. The Bertz CT molecular complexity index is 1120. The van der Waals surface area contributed by atoms with Crippen LogP contribution in [0.4, 0.5) is 5.69 Å². The number of rotatable bonds is 3. The molecule has 5 heteroatoms. The molecule has 2 heterocycles. The van der Waals surface area contributed by atoms with E-state index in [2.05, 4.69) is 43.2 Å². The van der Waals surface area contributed by atoms with Crippen molar-refractivity contribution in [1.29, 1.82) is 0 Å². The summed E-state index contributed by atoms with van der Waals surface area (Å²) in [7, 11) is 0. The fourth-order valence-corrected chi connectivity index (χ4v) is 4.38. The second-order valence-corrected chi connectivity index (χ2v) is 7.63. The summed E-state index contributed by atoms with van der Waals surface area (Å²) in [5.74, 6) is 0.0872. The van der Waals surface area contributed by atoms with Gasteiger partial charge in [0.05, 0.1) is 12.6 Å². The van der Waals surface area contributed by atoms with Gasteiger partial charge in [-0.05, 0) is 73.5 Å². The smallest absolute Gasteiger partial charge is 0.255 e. The number of hydrogen-bond acceptors (Lipinski definition) is 3. The van der Waals surface area contributed by atoms with Crippen molar-refractivity contribution in [2.45, 2.75) is 33.2 Å². The van der Waals surface area contributed by atoms with Crippen molar-refractivity contribution in [3.8, 4) is 0 Å². The molecule has 1 unspecified atom stereocenters. The molecule has 3 aromatic rings. The number of pyridine rings is 1. The quantitative estimate of drug-likeness (QED) is 0.734. The van der Waals surface area contributed by atoms with E-state index < -0.39 is 0 Å². The van der Waals surface area contributed by atoms with Crippen molar-refractivity contribution in [1.82, 2.24) is 9.88 Å². The molecule has 1 amide bonds. The van der Waals surface area contributed by atoms with Gasteiger partial charge in [-0.25, -0.2) is 0 Å². The van der Waals surface area contributed by atoms with Gasteiger partial charge in [0.2, 0.25) is 5.91 Å². The van der Waals surface area contributed by atoms with Crippen molar-refractivity contribution in [2.24, 2.45) is 0 Å². The fraction of sp³-hybridized carbons (Fsp3) is 0.304. The molecule has 0 saturated carbocycles. The number of anilines is 1. The molecule has 1 aliphatic rings. The molecule has 2 aromatic carbocycles. The van der Waals surface area contributed by atoms with E-state index in [-0.39, 0.29) is 24.1 Å². The summed E-state index contributed by atoms with van der Waals surface area (Å²) in [4.78, 5) is 29.3. The maximum absolute atomic E-state index is 12.9. The van der Waals surface area contributed by atoms with Gasteiger partial charge >= 0.3 is 0 Å². The Labute approximate surface area is 164 Å². The van der Waals surface area contributed by atoms with Crippen molar-refractivity contribution in [3.05, 3.63) is 75.2 Å². The summed E-state index contributed by atoms with van der Waals surface area (Å²) < 4.78 is 0. The molecule has 4 rings (SSSR count). The van der Waals surface area contributed by atoms with E-state index in [1.165, 1.54) is 22.3 Å². The number of aryl methyl sites for hydroxylation is 2. The number of aromatic amines is 1. The van der Waals surface area contributed by atoms with Crippen LogP contribution in [0.15, 0.2) is 47.4 Å². The number of fused-ring (bicyclic) bond motifs is 2. The van der Waals surface area contributed by atoms with E-state index in [1.54, 1.807) is 12.3 Å². The first-order chi connectivity index (χ1) is 13.4. The van der Waals surface area contributed by atoms with Gasteiger partial charge in [0.1, 0.15) is 0 Å². The molecule has 1 atom stereocenters. The van der Waals surface area contributed by atoms with Crippen LogP contribution in [0.2, 0.25) is 0 Å². The molecule has 0 saturated heterocycles. The number of benzene rings is 2. The first-order valence-electron chi connectivity index (χ1n) is 9.69. The molecule has 0 spiro atoms. The van der Waals surface area contributed by atoms with Gasteiger partial charge in [-0.15, -0.1) is 0 Å². The fourth-order valence-electron chi connectivity index (χ4n) is 4.38. The highest BCUT2D eigenvalue weighted by Gasteiger charge is 2.28. The van der Waals surface area contributed by atoms with Crippen LogP contribution in [0.25, 0.3) is 10.8 Å². The second kappa shape index (κ2) is 7.15. The Morgan fingerprint density at radius 1 is 1.21 bits per heavy atom. The molecule has 0 radical (unpaired) electrons. The number of nitrogens with zero attached hydrogens (tertiary/aromatic N) is 1. The van der Waals surface area contributed by atoms with E-state index in [0.29, 0.717) is 5.39 Å². The number of carbonyl (C=O) groups excluding carboxylic acids is 1. The molecule has 5 nitrogen and oxygen atoms in total. The van der Waals surface area contributed by atoms with Crippen LogP contribution in [0, 0.1) is 13.8 Å². The molecule has 1 aromatic heterocycles. The van der Waals surface area contributed by atoms with Gasteiger partial charge in [-0.3, -0.25) is 9.59 Å². The van der Waals surface area contributed by atoms with E-state index in [1.807, 2.05) is 23.1 Å². The van der Waals surface area contributed by atoms with Crippen LogP contribution in [0.3, 0.4) is 0 Å². The van der Waals surface area contributed by atoms with Crippen LogP contribution in [0.1, 0.15) is 35.2 Å². The third-order valence-electron chi connectivity index (χ3n) is 5.66. The van der Waals surface area contributed by atoms with E-state index in [0.717, 1.165) is 24.0 Å². The predicted molar refractivity (Wildman–Crippen MR) is 113 cm³/mol. The highest BCUT2D eigenvalue weighted by Crippen LogP contribution is 2.32. The molecule has 0 bridgehead atoms. The molecular weight excluding hydrogens is 350 g/mol. The van der Waals surface area contributed by atoms with Gasteiger partial charge in [0.15, 0.2) is 0 Å². The molecule has 0 aliphatic carbocycles. The van der Waals surface area contributed by atoms with Crippen molar-refractivity contribution >= 4 is 22.4 Å². The number of carbonyl (C=O) groups is 1. The van der Waals surface area contributed by atoms with E-state index >= 15 is 0 Å². The third kappa shape index (κ3) is 3.28. The summed E-state index contributed by atoms with van der Waals surface area (Å²) in [5, 5.41) is 4.72. The van der Waals surface area contributed by atoms with Gasteiger partial charge < -0.3 is 15.2 Å². The summed E-state index contributed by atoms with van der Waals surface area (Å²) >= 11 is 0. The largest absolute Gasteiger partial charge is 0.376 e. The Morgan fingerprint density at radius 3 is 2.86 bits per heavy atom. The van der Waals surface area contributed by atoms with Gasteiger partial charge in [0.25, 0.3) is 5.56 Å². The van der Waals surface area contributed by atoms with Crippen molar-refractivity contribution < 1.29 is 4.79 Å². The van der Waals surface area contributed by atoms with Crippen LogP contribution < -0.4 is 10.9 Å². The first-order valence-corrected chi connectivity index (χ1v) is 9.69. The van der Waals surface area contributed by atoms with Crippen LogP contribution >= 0.6 is 0 Å². The Kier molecular flexibility index (Phi) is 4.67. The normalized spacial score (nSPS) is 16.1. The second-order valence-electron chi connectivity index (χ2n) is 7.63. The zero-order valence-electron chi connectivity index (χ0n) is 16.5. The van der Waals surface area contributed by atoms with Gasteiger partial charge in [0, 0.05) is 23.8 Å². The maximum atomic E-state index is 12.9. The predicted octanol–water partition coefficient (Wildman–Crippen LogP) is 3.70. The topological polar surface area (TPSA) is 65.2 Å². The van der Waals surface area contributed by atoms with Crippen molar-refractivity contribution in [3.63, 3.8) is 0 Å². The van der Waals surface area contributed by atoms with Crippen LogP contribution in [-0.2, 0) is 11.2 Å². The number of hydrogen-bond donors (Lipinski definition) is 2. The molecule has 0 fully saturated rings. The minimum absolute atomic E-state index is 0.0776. The number of H-pyrrole nitrogens is 1. The maximum Gasteiger partial charge on any atom is 0.255 e. The zero-order chi connectivity index (χ0) is 19.8. The lowest BCUT2D eigenvalue weighted by Gasteiger charge is -2.36. The van der Waals surface area contributed by atoms with Crippen LogP contribution in [-0.4, -0.2) is 28.9 Å². The molecule has 1 aliphatic heterocycles. The lowest BCUT2D eigenvalue weighted by Crippen LogP contribution is -2.42. The molecular formula is C23H25N3O2. The molecule has 2 N–H and O–H groups in total. The third-order valence-corrected chi connectivity index (χ3v) is 5.66. The molecule has 28 heavy (non-hydrogen) atoms. The average Bonchev–Trinajstić information content (AvgIpc) is 2.66. The first kappa shape index (κ1) is 18.3. The summed E-state index contributed by atoms with van der Waals surface area (Å²) in [5.41, 5.74) is 5.92. The van der Waals surface area contributed by atoms with E-state index in [4.69, 9.17) is 0 Å². The molecule has 144 valence electrons. The highest BCUT2D eigenvalue weighted by molar-refractivity contribution is 5.86. The van der Waals surface area contributed by atoms with Crippen molar-refractivity contribution in [2.75, 3.05) is 18.4 Å². The lowest BCUT2D eigenvalue weighted by molar-refractivity contribution is -0.131. The van der Waals surface area contributed by atoms with E-state index in [9.17, 15) is 9.59 Å². The Balaban J connectivity index is 1.49. The highest BCUT2D eigenvalue weighted by atomic mass is 16.2. The van der Waals surface area contributed by atoms with Gasteiger partial charge in [-0.2, -0.15) is 0 Å². The number of aromatic nitrogens is 1. The number of amides is 1. The summed E-state index contributed by atoms with van der Waals surface area (Å²) in [6.07, 6.45) is 2.53. The van der Waals surface area contributed by atoms with Gasteiger partial charge in [-0.1, -0.05) is 17.7 Å². The lowest BCUT2D eigenvalue weighted by atomic mass is 9.88. The summed E-state index contributed by atoms with van der Waals surface area (Å²) in [6, 6.07) is 11.9. The monoisotopic (exact) mass is 375 g/mol. The van der Waals surface area contributed by atoms with Crippen LogP contribution in [0.5, 0.6) is 0 Å². The minimum Gasteiger partial charge on any atom is -0.376 e. The Hall–Kier alpha value is -3.08. The average molecular weight is 375 g/mol. The Morgan fingerprint density at radius 2 is 2.04 bits per heavy atom. The zero-order valence-corrected chi connectivity index (χ0v) is 16.5.